The third kappa shape index (κ3) is 4.86. The van der Waals surface area contributed by atoms with Crippen molar-refractivity contribution in [3.63, 3.8) is 0 Å². The summed E-state index contributed by atoms with van der Waals surface area (Å²) in [6.45, 7) is 0.651. The summed E-state index contributed by atoms with van der Waals surface area (Å²) in [5.41, 5.74) is 3.25. The number of nitrogens with zero attached hydrogens (tertiary/aromatic N) is 1. The zero-order valence-corrected chi connectivity index (χ0v) is 17.2. The summed E-state index contributed by atoms with van der Waals surface area (Å²) >= 11 is 0. The van der Waals surface area contributed by atoms with Crippen molar-refractivity contribution >= 4 is 5.91 Å². The van der Waals surface area contributed by atoms with E-state index in [1.807, 2.05) is 37.4 Å². The van der Waals surface area contributed by atoms with Gasteiger partial charge in [-0.2, -0.15) is 0 Å². The van der Waals surface area contributed by atoms with Crippen molar-refractivity contribution in [1.82, 2.24) is 4.90 Å². The maximum absolute atomic E-state index is 12.8. The molecule has 1 aliphatic carbocycles. The topological polar surface area (TPSA) is 38.8 Å². The number of hydrogen-bond donors (Lipinski definition) is 0. The molecule has 0 atom stereocenters. The second-order valence-electron chi connectivity index (χ2n) is 7.62. The van der Waals surface area contributed by atoms with Crippen LogP contribution in [0.1, 0.15) is 59.5 Å². The van der Waals surface area contributed by atoms with Crippen LogP contribution in [0.15, 0.2) is 42.5 Å². The molecular weight excluding hydrogens is 350 g/mol. The first-order valence-corrected chi connectivity index (χ1v) is 10.2. The van der Waals surface area contributed by atoms with E-state index < -0.39 is 0 Å². The summed E-state index contributed by atoms with van der Waals surface area (Å²) in [4.78, 5) is 14.5. The second kappa shape index (κ2) is 9.63. The molecule has 150 valence electrons. The van der Waals surface area contributed by atoms with Gasteiger partial charge in [0, 0.05) is 19.2 Å². The number of rotatable bonds is 7. The Kier molecular flexibility index (Phi) is 6.96. The quantitative estimate of drug-likeness (QED) is 0.672. The van der Waals surface area contributed by atoms with Gasteiger partial charge in [0.25, 0.3) is 5.91 Å². The van der Waals surface area contributed by atoms with E-state index in [0.29, 0.717) is 24.0 Å². The van der Waals surface area contributed by atoms with Crippen LogP contribution in [0.5, 0.6) is 11.5 Å². The van der Waals surface area contributed by atoms with Gasteiger partial charge in [-0.3, -0.25) is 4.79 Å². The van der Waals surface area contributed by atoms with Crippen LogP contribution in [-0.4, -0.2) is 38.6 Å². The molecule has 1 saturated carbocycles. The first-order valence-electron chi connectivity index (χ1n) is 10.2. The number of methoxy groups -OCH3 is 2. The van der Waals surface area contributed by atoms with E-state index in [0.717, 1.165) is 17.5 Å². The van der Waals surface area contributed by atoms with Gasteiger partial charge in [-0.05, 0) is 60.6 Å². The maximum Gasteiger partial charge on any atom is 0.253 e. The highest BCUT2D eigenvalue weighted by atomic mass is 16.5. The van der Waals surface area contributed by atoms with Crippen molar-refractivity contribution in [2.24, 2.45) is 0 Å². The number of carbonyl (C=O) groups excluding carboxylic acids is 1. The van der Waals surface area contributed by atoms with Gasteiger partial charge < -0.3 is 14.4 Å². The van der Waals surface area contributed by atoms with Gasteiger partial charge in [-0.25, -0.2) is 0 Å². The fourth-order valence-corrected chi connectivity index (χ4v) is 3.99. The monoisotopic (exact) mass is 381 g/mol. The molecule has 0 N–H and O–H groups in total. The summed E-state index contributed by atoms with van der Waals surface area (Å²) < 4.78 is 10.6. The van der Waals surface area contributed by atoms with Gasteiger partial charge in [0.2, 0.25) is 0 Å². The molecule has 1 fully saturated rings. The first kappa shape index (κ1) is 20.2. The third-order valence-electron chi connectivity index (χ3n) is 5.76. The fourth-order valence-electron chi connectivity index (χ4n) is 3.99. The molecular formula is C24H31NO3. The van der Waals surface area contributed by atoms with Crippen LogP contribution in [0, 0.1) is 0 Å². The molecule has 0 saturated heterocycles. The van der Waals surface area contributed by atoms with Crippen LogP contribution < -0.4 is 9.47 Å². The normalized spacial score (nSPS) is 14.5. The average molecular weight is 382 g/mol. The van der Waals surface area contributed by atoms with Gasteiger partial charge in [0.15, 0.2) is 11.5 Å². The van der Waals surface area contributed by atoms with E-state index in [-0.39, 0.29) is 5.91 Å². The van der Waals surface area contributed by atoms with Crippen LogP contribution in [-0.2, 0) is 6.42 Å². The smallest absolute Gasteiger partial charge is 0.253 e. The van der Waals surface area contributed by atoms with Crippen molar-refractivity contribution in [1.29, 1.82) is 0 Å². The van der Waals surface area contributed by atoms with Crippen molar-refractivity contribution < 1.29 is 14.3 Å². The Morgan fingerprint density at radius 2 is 1.64 bits per heavy atom. The molecule has 2 aromatic rings. The van der Waals surface area contributed by atoms with Crippen molar-refractivity contribution in [2.75, 3.05) is 27.8 Å². The van der Waals surface area contributed by atoms with E-state index in [2.05, 4.69) is 12.1 Å². The Morgan fingerprint density at radius 3 is 2.29 bits per heavy atom. The minimum Gasteiger partial charge on any atom is -0.493 e. The molecule has 4 nitrogen and oxygen atoms in total. The molecule has 1 aliphatic rings. The van der Waals surface area contributed by atoms with E-state index in [1.54, 1.807) is 19.1 Å². The summed E-state index contributed by atoms with van der Waals surface area (Å²) in [7, 11) is 5.12. The summed E-state index contributed by atoms with van der Waals surface area (Å²) in [5.74, 6) is 2.16. The lowest BCUT2D eigenvalue weighted by molar-refractivity contribution is 0.0796. The molecule has 0 heterocycles. The molecule has 2 aromatic carbocycles. The van der Waals surface area contributed by atoms with Crippen LogP contribution in [0.25, 0.3) is 0 Å². The summed E-state index contributed by atoms with van der Waals surface area (Å²) in [6.07, 6.45) is 7.33. The lowest BCUT2D eigenvalue weighted by atomic mass is 9.84. The second-order valence-corrected chi connectivity index (χ2v) is 7.62. The highest BCUT2D eigenvalue weighted by Gasteiger charge is 2.17. The van der Waals surface area contributed by atoms with Gasteiger partial charge in [-0.1, -0.05) is 37.5 Å². The van der Waals surface area contributed by atoms with Crippen LogP contribution >= 0.6 is 0 Å². The van der Waals surface area contributed by atoms with Crippen molar-refractivity contribution in [3.8, 4) is 11.5 Å². The largest absolute Gasteiger partial charge is 0.493 e. The van der Waals surface area contributed by atoms with Gasteiger partial charge in [0.1, 0.15) is 0 Å². The highest BCUT2D eigenvalue weighted by Crippen LogP contribution is 2.32. The van der Waals surface area contributed by atoms with Gasteiger partial charge in [-0.15, -0.1) is 0 Å². The molecule has 4 heteroatoms. The molecule has 0 unspecified atom stereocenters. The molecule has 0 bridgehead atoms. The lowest BCUT2D eigenvalue weighted by Crippen LogP contribution is -2.28. The Hall–Kier alpha value is -2.49. The lowest BCUT2D eigenvalue weighted by Gasteiger charge is -2.22. The Balaban J connectivity index is 1.58. The number of hydrogen-bond acceptors (Lipinski definition) is 3. The molecule has 0 spiro atoms. The van der Waals surface area contributed by atoms with Gasteiger partial charge in [0.05, 0.1) is 14.2 Å². The Morgan fingerprint density at radius 1 is 0.964 bits per heavy atom. The Labute approximate surface area is 168 Å². The van der Waals surface area contributed by atoms with Gasteiger partial charge >= 0.3 is 0 Å². The van der Waals surface area contributed by atoms with Crippen LogP contribution in [0.4, 0.5) is 0 Å². The number of carbonyl (C=O) groups is 1. The Bertz CT molecular complexity index is 779. The first-order chi connectivity index (χ1) is 13.6. The standard InChI is InChI=1S/C24H31NO3/c1-25(16-15-18-9-14-22(27-2)23(17-18)28-3)24(26)21-12-10-20(11-13-21)19-7-5-4-6-8-19/h9-14,17,19H,4-8,15-16H2,1-3H3. The SMILES string of the molecule is COc1ccc(CCN(C)C(=O)c2ccc(C3CCCCC3)cc2)cc1OC. The third-order valence-corrected chi connectivity index (χ3v) is 5.76. The predicted octanol–water partition coefficient (Wildman–Crippen LogP) is 5.07. The molecule has 3 rings (SSSR count). The number of amides is 1. The van der Waals surface area contributed by atoms with Crippen LogP contribution in [0.3, 0.4) is 0 Å². The number of likely N-dealkylation sites (N-methyl/N-ethyl adjacent to an activating group) is 1. The molecule has 0 radical (unpaired) electrons. The van der Waals surface area contributed by atoms with E-state index in [9.17, 15) is 4.79 Å². The molecule has 1 amide bonds. The van der Waals surface area contributed by atoms with Crippen LogP contribution in [0.2, 0.25) is 0 Å². The molecule has 28 heavy (non-hydrogen) atoms. The van der Waals surface area contributed by atoms with E-state index in [1.165, 1.54) is 37.7 Å². The summed E-state index contributed by atoms with van der Waals surface area (Å²) in [5, 5.41) is 0. The summed E-state index contributed by atoms with van der Waals surface area (Å²) in [6, 6.07) is 14.1. The number of benzene rings is 2. The minimum atomic E-state index is 0.0654. The fraction of sp³-hybridized carbons (Fsp3) is 0.458. The highest BCUT2D eigenvalue weighted by molar-refractivity contribution is 5.94. The minimum absolute atomic E-state index is 0.0654. The zero-order chi connectivity index (χ0) is 19.9. The molecule has 0 aromatic heterocycles. The average Bonchev–Trinajstić information content (AvgIpc) is 2.77. The maximum atomic E-state index is 12.8. The molecule has 0 aliphatic heterocycles. The van der Waals surface area contributed by atoms with Crippen molar-refractivity contribution in [3.05, 3.63) is 59.2 Å². The zero-order valence-electron chi connectivity index (χ0n) is 17.2. The van der Waals surface area contributed by atoms with Crippen molar-refractivity contribution in [2.45, 2.75) is 44.4 Å². The predicted molar refractivity (Wildman–Crippen MR) is 112 cm³/mol. The van der Waals surface area contributed by atoms with E-state index in [4.69, 9.17) is 9.47 Å². The van der Waals surface area contributed by atoms with E-state index >= 15 is 0 Å². The number of ether oxygens (including phenoxy) is 2.